The third kappa shape index (κ3) is 19.8. The van der Waals surface area contributed by atoms with E-state index in [1.807, 2.05) is 47.3 Å². The third-order valence-corrected chi connectivity index (χ3v) is 19.3. The number of hydrogen-bond donors (Lipinski definition) is 8. The summed E-state index contributed by atoms with van der Waals surface area (Å²) < 4.78 is 90.3. The van der Waals surface area contributed by atoms with Gasteiger partial charge in [-0.15, -0.1) is 20.5 Å². The number of morpholine rings is 2. The van der Waals surface area contributed by atoms with E-state index in [9.17, 15) is 55.3 Å². The molecule has 7 aromatic rings. The number of anilines is 11. The van der Waals surface area contributed by atoms with Crippen molar-refractivity contribution in [3.63, 3.8) is 0 Å². The average molecular weight is 1500 g/mol. The highest BCUT2D eigenvalue weighted by molar-refractivity contribution is 7.86. The van der Waals surface area contributed by atoms with Gasteiger partial charge >= 0.3 is 0 Å². The van der Waals surface area contributed by atoms with Crippen LogP contribution in [0.5, 0.6) is 11.5 Å². The number of thiazole rings is 2. The van der Waals surface area contributed by atoms with Gasteiger partial charge in [-0.3, -0.25) is 28.3 Å². The Morgan fingerprint density at radius 2 is 0.951 bits per heavy atom. The first-order valence-corrected chi connectivity index (χ1v) is 36.8. The van der Waals surface area contributed by atoms with Crippen molar-refractivity contribution >= 4 is 164 Å². The Morgan fingerprint density at radius 1 is 0.563 bits per heavy atom. The van der Waals surface area contributed by atoms with Crippen LogP contribution in [-0.2, 0) is 48.9 Å². The van der Waals surface area contributed by atoms with Gasteiger partial charge in [-0.2, -0.15) is 41.8 Å². The van der Waals surface area contributed by atoms with Crippen LogP contribution in [0.4, 0.5) is 85.2 Å². The number of Topliss-reactive ketones (excluding diaryl/α,β-unsaturated/α-hetero) is 2. The van der Waals surface area contributed by atoms with E-state index in [-0.39, 0.29) is 88.3 Å². The number of aromatic nitrogens is 5. The number of nitrogens with zero attached hydrogens (tertiary/aromatic N) is 14. The lowest BCUT2D eigenvalue weighted by Crippen LogP contribution is -2.36. The van der Waals surface area contributed by atoms with E-state index in [4.69, 9.17) is 54.1 Å². The highest BCUT2D eigenvalue weighted by Crippen LogP contribution is 2.45. The second kappa shape index (κ2) is 35.2. The molecule has 2 aliphatic heterocycles. The van der Waals surface area contributed by atoms with Gasteiger partial charge in [0.2, 0.25) is 28.1 Å². The lowest BCUT2D eigenvalue weighted by Gasteiger charge is -2.27. The number of rotatable bonds is 33. The van der Waals surface area contributed by atoms with Crippen molar-refractivity contribution < 1.29 is 74.3 Å². The summed E-state index contributed by atoms with van der Waals surface area (Å²) in [5.74, 6) is -1.55. The van der Waals surface area contributed by atoms with Crippen molar-refractivity contribution in [2.24, 2.45) is 20.5 Å². The molecule has 38 heteroatoms. The SMILES string of the molecule is CCN(CC)c1cc(Nc2nc(Nc3cc(N(CC)CC)c(OC)cc3N=Nc3nc(N4CCOCC4)c(/C=C(\C(C)=O)C(=O)Nc4cccc(S(=O)(=O)O)c4)s3)nc(N(CCO)CCO)n2)c(N=Nc2nc(N3CCOCC3)c(C=C(C(C)=O)C(=O)Nc3cccc(S(=O)(=O)O)c3)s2)cc1OC. The zero-order chi connectivity index (χ0) is 74.1. The highest BCUT2D eigenvalue weighted by atomic mass is 32.2. The van der Waals surface area contributed by atoms with Crippen LogP contribution in [-0.4, -0.2) is 204 Å². The predicted molar refractivity (Wildman–Crippen MR) is 392 cm³/mol. The molecule has 0 unspecified atom stereocenters. The molecule has 548 valence electrons. The van der Waals surface area contributed by atoms with Gasteiger partial charge in [-0.1, -0.05) is 34.8 Å². The highest BCUT2D eigenvalue weighted by Gasteiger charge is 2.28. The summed E-state index contributed by atoms with van der Waals surface area (Å²) in [7, 11) is -6.23. The fraction of sp³-hybridized carbons (Fsp3) is 0.369. The molecule has 8 N–H and O–H groups in total. The molecule has 103 heavy (non-hydrogen) atoms. The molecule has 0 atom stereocenters. The maximum atomic E-state index is 13.8. The topological polar surface area (TPSA) is 433 Å². The molecule has 5 heterocycles. The van der Waals surface area contributed by atoms with Gasteiger partial charge in [0.05, 0.1) is 107 Å². The van der Waals surface area contributed by atoms with Crippen molar-refractivity contribution in [3.8, 4) is 11.5 Å². The Kier molecular flexibility index (Phi) is 26.4. The molecule has 0 spiro atoms. The Bertz CT molecular complexity index is 4330. The van der Waals surface area contributed by atoms with Crippen molar-refractivity contribution in [2.45, 2.75) is 51.3 Å². The lowest BCUT2D eigenvalue weighted by molar-refractivity contribution is -0.120. The average Bonchev–Trinajstić information content (AvgIpc) is 1.72. The Balaban J connectivity index is 1.13. The fourth-order valence-electron chi connectivity index (χ4n) is 10.7. The zero-order valence-electron chi connectivity index (χ0n) is 57.5. The summed E-state index contributed by atoms with van der Waals surface area (Å²) in [4.78, 5) is 87.7. The van der Waals surface area contributed by atoms with Gasteiger partial charge < -0.3 is 74.9 Å². The fourth-order valence-corrected chi connectivity index (χ4v) is 13.5. The molecule has 0 radical (unpaired) electrons. The predicted octanol–water partition coefficient (Wildman–Crippen LogP) is 8.99. The first kappa shape index (κ1) is 77.1. The Morgan fingerprint density at radius 3 is 1.29 bits per heavy atom. The number of aliphatic hydroxyl groups is 2. The van der Waals surface area contributed by atoms with E-state index in [0.717, 1.165) is 46.9 Å². The van der Waals surface area contributed by atoms with Crippen LogP contribution in [0.2, 0.25) is 0 Å². The number of carbonyl (C=O) groups is 4. The van der Waals surface area contributed by atoms with Gasteiger partial charge in [0, 0.05) is 89.0 Å². The molecule has 9 rings (SSSR count). The summed E-state index contributed by atoms with van der Waals surface area (Å²) in [6, 6.07) is 16.7. The first-order chi connectivity index (χ1) is 49.4. The first-order valence-electron chi connectivity index (χ1n) is 32.3. The maximum absolute atomic E-state index is 13.8. The third-order valence-electron chi connectivity index (χ3n) is 15.9. The molecule has 2 saturated heterocycles. The standard InChI is InChI=1S/C65H78N18O16S4/c1-9-79(10-2)51-35-47(49(37-53(51)96-7)75-77-64-70-57(81-21-27-98-28-22-81)55(100-64)33-45(39(5)86)59(88)66-41-15-13-17-43(31-41)102(90,91)92)68-61-72-62(74-63(73-61)83(19-25-84)20-26-85)69-48-36-52(80(11-3)12-4)54(97-8)38-50(48)76-78-65-71-58(82-23-29-99-30-24-82)56(101-65)34-46(40(6)87)60(89)67-42-16-14-18-44(32-42)103(93,94)95/h13-18,31-38,84-85H,9-12,19-30H2,1-8H3,(H,66,88)(H,67,89)(H,90,91,92)(H,93,94,95)(H2,68,69,72,73,74)/b45-33+,46-34?,77-75?,78-76?. The number of nitrogens with one attached hydrogen (secondary N) is 4. The number of amides is 2. The van der Waals surface area contributed by atoms with Gasteiger partial charge in [0.25, 0.3) is 32.1 Å². The quantitative estimate of drug-likeness (QED) is 0.00625. The second-order valence-electron chi connectivity index (χ2n) is 22.5. The normalized spacial score (nSPS) is 13.9. The summed E-state index contributed by atoms with van der Waals surface area (Å²) in [6.07, 6.45) is 2.73. The molecule has 0 saturated carbocycles. The molecule has 34 nitrogen and oxygen atoms in total. The second-order valence-corrected chi connectivity index (χ2v) is 27.4. The van der Waals surface area contributed by atoms with E-state index in [2.05, 4.69) is 31.5 Å². The van der Waals surface area contributed by atoms with Crippen LogP contribution >= 0.6 is 22.7 Å². The minimum atomic E-state index is -4.63. The molecule has 3 aromatic heterocycles. The minimum absolute atomic E-state index is 0.00180. The van der Waals surface area contributed by atoms with Crippen LogP contribution in [0, 0.1) is 0 Å². The van der Waals surface area contributed by atoms with Gasteiger partial charge in [0.15, 0.2) is 11.6 Å². The van der Waals surface area contributed by atoms with Gasteiger partial charge in [0.1, 0.15) is 34.5 Å². The number of ketones is 2. The molecular weight excluding hydrogens is 1420 g/mol. The largest absolute Gasteiger partial charge is 0.494 e. The van der Waals surface area contributed by atoms with Crippen LogP contribution < -0.4 is 55.2 Å². The molecule has 2 fully saturated rings. The summed E-state index contributed by atoms with van der Waals surface area (Å²) in [6.45, 7) is 14.7. The van der Waals surface area contributed by atoms with Crippen molar-refractivity contribution in [1.29, 1.82) is 0 Å². The number of carbonyl (C=O) groups excluding carboxylic acids is 4. The monoisotopic (exact) mass is 1490 g/mol. The van der Waals surface area contributed by atoms with E-state index in [0.29, 0.717) is 134 Å². The summed E-state index contributed by atoms with van der Waals surface area (Å²) in [5, 5.41) is 51.4. The molecular formula is C65H78N18O16S4. The summed E-state index contributed by atoms with van der Waals surface area (Å²) in [5.41, 5.74) is 1.63. The van der Waals surface area contributed by atoms with E-state index in [1.165, 1.54) is 64.5 Å². The van der Waals surface area contributed by atoms with E-state index < -0.39 is 53.4 Å². The Hall–Kier alpha value is -10.0. The van der Waals surface area contributed by atoms with Gasteiger partial charge in [-0.05, 0) is 102 Å². The number of hydrogen-bond acceptors (Lipinski definition) is 32. The number of ether oxygens (including phenoxy) is 4. The molecule has 2 aliphatic rings. The van der Waals surface area contributed by atoms with E-state index in [1.54, 1.807) is 29.2 Å². The van der Waals surface area contributed by atoms with Gasteiger partial charge in [-0.25, -0.2) is 0 Å². The smallest absolute Gasteiger partial charge is 0.294 e. The van der Waals surface area contributed by atoms with E-state index >= 15 is 0 Å². The zero-order valence-corrected chi connectivity index (χ0v) is 60.7. The molecule has 0 aliphatic carbocycles. The molecule has 0 bridgehead atoms. The maximum Gasteiger partial charge on any atom is 0.294 e. The van der Waals surface area contributed by atoms with Crippen LogP contribution in [0.1, 0.15) is 51.3 Å². The van der Waals surface area contributed by atoms with Crippen molar-refractivity contribution in [2.75, 3.05) is 165 Å². The Labute approximate surface area is 601 Å². The van der Waals surface area contributed by atoms with Crippen LogP contribution in [0.25, 0.3) is 12.2 Å². The number of aliphatic hydroxyl groups excluding tert-OH is 2. The van der Waals surface area contributed by atoms with Crippen LogP contribution in [0.3, 0.4) is 0 Å². The molecule has 2 amide bonds. The summed E-state index contributed by atoms with van der Waals surface area (Å²) >= 11 is 2.04. The molecule has 4 aromatic carbocycles. The van der Waals surface area contributed by atoms with Crippen LogP contribution in [0.15, 0.2) is 114 Å². The number of benzene rings is 4. The number of methoxy groups -OCH3 is 2. The van der Waals surface area contributed by atoms with Crippen molar-refractivity contribution in [1.82, 2.24) is 24.9 Å². The van der Waals surface area contributed by atoms with Crippen molar-refractivity contribution in [3.05, 3.63) is 93.7 Å². The lowest BCUT2D eigenvalue weighted by atomic mass is 10.1. The minimum Gasteiger partial charge on any atom is -0.494 e. The number of azo groups is 2.